The van der Waals surface area contributed by atoms with E-state index in [1.54, 1.807) is 40.0 Å². The van der Waals surface area contributed by atoms with Crippen molar-refractivity contribution < 1.29 is 41.1 Å². The quantitative estimate of drug-likeness (QED) is 0.243. The number of hydrogen-bond acceptors (Lipinski definition) is 7. The third kappa shape index (κ3) is 7.76. The van der Waals surface area contributed by atoms with E-state index in [0.717, 1.165) is 0 Å². The lowest BCUT2D eigenvalue weighted by Gasteiger charge is -2.33. The molecule has 43 heavy (non-hydrogen) atoms. The Morgan fingerprint density at radius 1 is 1.19 bits per heavy atom. The number of fused-ring (bicyclic) bond motifs is 1. The summed E-state index contributed by atoms with van der Waals surface area (Å²) in [6, 6.07) is 0.122. The molecule has 16 heteroatoms. The van der Waals surface area contributed by atoms with Crippen molar-refractivity contribution in [1.29, 1.82) is 0 Å². The van der Waals surface area contributed by atoms with E-state index < -0.39 is 60.7 Å². The van der Waals surface area contributed by atoms with Gasteiger partial charge in [-0.05, 0) is 41.2 Å². The minimum atomic E-state index is -4.46. The fourth-order valence-electron chi connectivity index (χ4n) is 5.30. The van der Waals surface area contributed by atoms with Crippen LogP contribution in [0, 0.1) is 17.0 Å². The van der Waals surface area contributed by atoms with Crippen LogP contribution < -0.4 is 15.5 Å². The molecule has 0 spiro atoms. The Labute approximate surface area is 243 Å². The SMILES string of the molecule is CC(C)c1c(C(=O)N[C@H](c2cn3ncc([C@@H](NC(=O)CCC(F)(F)F)C(C)C)cc3n2)C2CCC(F)(F)CC2)no[n+]1[O-]. The number of carbonyl (C=O) groups excluding carboxylic acids is 2. The van der Waals surface area contributed by atoms with Gasteiger partial charge in [0.1, 0.15) is 0 Å². The molecule has 0 aromatic carbocycles. The summed E-state index contributed by atoms with van der Waals surface area (Å²) in [6.45, 7) is 6.96. The largest absolute Gasteiger partial charge is 0.389 e. The Morgan fingerprint density at radius 2 is 1.86 bits per heavy atom. The topological polar surface area (TPSA) is 141 Å². The number of aromatic nitrogens is 5. The van der Waals surface area contributed by atoms with Crippen molar-refractivity contribution in [2.75, 3.05) is 0 Å². The van der Waals surface area contributed by atoms with Gasteiger partial charge in [0.05, 0.1) is 41.7 Å². The fraction of sp³-hybridized carbons (Fsp3) is 0.630. The highest BCUT2D eigenvalue weighted by molar-refractivity contribution is 5.93. The predicted molar refractivity (Wildman–Crippen MR) is 141 cm³/mol. The zero-order valence-electron chi connectivity index (χ0n) is 24.1. The van der Waals surface area contributed by atoms with Crippen molar-refractivity contribution in [2.45, 2.75) is 96.3 Å². The second kappa shape index (κ2) is 12.4. The molecule has 0 saturated heterocycles. The maximum Gasteiger partial charge on any atom is 0.389 e. The summed E-state index contributed by atoms with van der Waals surface area (Å²) >= 11 is 0. The molecular formula is C27H34F5N7O4. The molecular weight excluding hydrogens is 581 g/mol. The van der Waals surface area contributed by atoms with Crippen LogP contribution in [0.25, 0.3) is 5.65 Å². The first-order valence-corrected chi connectivity index (χ1v) is 14.0. The predicted octanol–water partition coefficient (Wildman–Crippen LogP) is 4.93. The first-order chi connectivity index (χ1) is 20.0. The third-order valence-corrected chi connectivity index (χ3v) is 7.58. The maximum absolute atomic E-state index is 14.0. The van der Waals surface area contributed by atoms with Crippen molar-refractivity contribution in [3.05, 3.63) is 46.3 Å². The van der Waals surface area contributed by atoms with Crippen LogP contribution in [-0.4, -0.2) is 43.7 Å². The standard InChI is InChI=1S/C27H34F5N7O4/c1-14(2)21(35-20(40)7-10-27(30,31)32)17-11-19-34-18(13-38(19)33-12-17)22(16-5-8-26(28,29)9-6-16)36-25(41)23-24(15(3)4)39(42)43-37-23/h11-16,21-22H,5-10H2,1-4H3,(H,35,40)(H,36,41)/t21-,22-/m0/s1. The third-order valence-electron chi connectivity index (χ3n) is 7.58. The van der Waals surface area contributed by atoms with Gasteiger partial charge in [-0.25, -0.2) is 18.3 Å². The smallest absolute Gasteiger partial charge is 0.359 e. The zero-order chi connectivity index (χ0) is 31.7. The van der Waals surface area contributed by atoms with Gasteiger partial charge in [-0.15, -0.1) is 0 Å². The maximum atomic E-state index is 14.0. The summed E-state index contributed by atoms with van der Waals surface area (Å²) in [4.78, 5) is 30.3. The first kappa shape index (κ1) is 32.1. The van der Waals surface area contributed by atoms with Crippen LogP contribution in [0.3, 0.4) is 0 Å². The Bertz CT molecular complexity index is 1440. The van der Waals surface area contributed by atoms with Gasteiger partial charge < -0.3 is 15.8 Å². The number of amides is 2. The lowest BCUT2D eigenvalue weighted by Crippen LogP contribution is -2.38. The van der Waals surface area contributed by atoms with Crippen LogP contribution in [0.15, 0.2) is 23.1 Å². The molecule has 236 valence electrons. The average molecular weight is 616 g/mol. The molecule has 1 saturated carbocycles. The fourth-order valence-corrected chi connectivity index (χ4v) is 5.30. The molecule has 2 amide bonds. The van der Waals surface area contributed by atoms with E-state index in [-0.39, 0.29) is 47.9 Å². The van der Waals surface area contributed by atoms with E-state index in [1.165, 1.54) is 10.7 Å². The Morgan fingerprint density at radius 3 is 2.47 bits per heavy atom. The molecule has 1 aliphatic rings. The molecule has 2 atom stereocenters. The molecule has 2 N–H and O–H groups in total. The number of rotatable bonds is 10. The van der Waals surface area contributed by atoms with Crippen LogP contribution >= 0.6 is 0 Å². The molecule has 1 fully saturated rings. The summed E-state index contributed by atoms with van der Waals surface area (Å²) in [5.74, 6) is -5.32. The highest BCUT2D eigenvalue weighted by atomic mass is 19.4. The molecule has 3 aromatic heterocycles. The van der Waals surface area contributed by atoms with E-state index in [9.17, 15) is 36.7 Å². The number of imidazole rings is 1. The van der Waals surface area contributed by atoms with Gasteiger partial charge in [0.2, 0.25) is 17.5 Å². The van der Waals surface area contributed by atoms with Crippen molar-refractivity contribution >= 4 is 17.5 Å². The van der Waals surface area contributed by atoms with Crippen molar-refractivity contribution in [3.63, 3.8) is 0 Å². The number of halogens is 5. The molecule has 0 aliphatic heterocycles. The molecule has 1 aliphatic carbocycles. The molecule has 0 bridgehead atoms. The normalized spacial score (nSPS) is 17.4. The van der Waals surface area contributed by atoms with Gasteiger partial charge in [0.25, 0.3) is 0 Å². The highest BCUT2D eigenvalue weighted by Gasteiger charge is 2.40. The monoisotopic (exact) mass is 615 g/mol. The Hall–Kier alpha value is -3.85. The van der Waals surface area contributed by atoms with Crippen LogP contribution in [0.5, 0.6) is 0 Å². The van der Waals surface area contributed by atoms with Crippen molar-refractivity contribution in [3.8, 4) is 0 Å². The van der Waals surface area contributed by atoms with Gasteiger partial charge in [0.15, 0.2) is 5.65 Å². The van der Waals surface area contributed by atoms with E-state index in [4.69, 9.17) is 0 Å². The molecule has 4 rings (SSSR count). The van der Waals surface area contributed by atoms with Gasteiger partial charge in [0, 0.05) is 25.2 Å². The van der Waals surface area contributed by atoms with E-state index in [0.29, 0.717) is 16.9 Å². The second-order valence-corrected chi connectivity index (χ2v) is 11.6. The number of nitrogens with one attached hydrogen (secondary N) is 2. The van der Waals surface area contributed by atoms with Crippen LogP contribution in [0.2, 0.25) is 0 Å². The van der Waals surface area contributed by atoms with Gasteiger partial charge in [-0.3, -0.25) is 14.2 Å². The number of alkyl halides is 5. The summed E-state index contributed by atoms with van der Waals surface area (Å²) in [5, 5.41) is 25.4. The molecule has 3 aromatic rings. The summed E-state index contributed by atoms with van der Waals surface area (Å²) in [6.07, 6.45) is -3.96. The zero-order valence-corrected chi connectivity index (χ0v) is 24.1. The van der Waals surface area contributed by atoms with E-state index in [2.05, 4.69) is 30.5 Å². The van der Waals surface area contributed by atoms with Gasteiger partial charge in [-0.2, -0.15) is 18.3 Å². The molecule has 0 unspecified atom stereocenters. The minimum Gasteiger partial charge on any atom is -0.359 e. The molecule has 0 radical (unpaired) electrons. The van der Waals surface area contributed by atoms with Crippen LogP contribution in [0.1, 0.15) is 112 Å². The van der Waals surface area contributed by atoms with Crippen molar-refractivity contribution in [2.24, 2.45) is 11.8 Å². The Balaban J connectivity index is 1.63. The minimum absolute atomic E-state index is 0.0183. The summed E-state index contributed by atoms with van der Waals surface area (Å²) < 4.78 is 71.8. The highest BCUT2D eigenvalue weighted by Crippen LogP contribution is 2.41. The van der Waals surface area contributed by atoms with Crippen LogP contribution in [-0.2, 0) is 4.79 Å². The van der Waals surface area contributed by atoms with Gasteiger partial charge >= 0.3 is 17.8 Å². The van der Waals surface area contributed by atoms with Gasteiger partial charge in [-0.1, -0.05) is 27.7 Å². The summed E-state index contributed by atoms with van der Waals surface area (Å²) in [7, 11) is 0. The summed E-state index contributed by atoms with van der Waals surface area (Å²) in [5.41, 5.74) is 0.936. The second-order valence-electron chi connectivity index (χ2n) is 11.6. The van der Waals surface area contributed by atoms with E-state index in [1.807, 2.05) is 0 Å². The number of nitrogens with zero attached hydrogens (tertiary/aromatic N) is 5. The average Bonchev–Trinajstić information content (AvgIpc) is 3.51. The Kier molecular flexibility index (Phi) is 9.25. The lowest BCUT2D eigenvalue weighted by molar-refractivity contribution is -0.808. The number of carbonyl (C=O) groups is 2. The van der Waals surface area contributed by atoms with Crippen LogP contribution in [0.4, 0.5) is 22.0 Å². The van der Waals surface area contributed by atoms with E-state index >= 15 is 0 Å². The molecule has 11 nitrogen and oxygen atoms in total. The molecule has 3 heterocycles. The lowest BCUT2D eigenvalue weighted by atomic mass is 9.81. The first-order valence-electron chi connectivity index (χ1n) is 14.0. The number of hydrogen-bond donors (Lipinski definition) is 2. The van der Waals surface area contributed by atoms with Crippen molar-refractivity contribution in [1.82, 2.24) is 30.4 Å².